The quantitative estimate of drug-likeness (QED) is 0.607. The molecule has 1 heterocycles. The van der Waals surface area contributed by atoms with Crippen LogP contribution in [0.15, 0.2) is 24.3 Å². The number of aromatic nitrogens is 1. The van der Waals surface area contributed by atoms with E-state index in [-0.39, 0.29) is 6.61 Å². The molecule has 0 spiro atoms. The molecule has 0 bridgehead atoms. The average Bonchev–Trinajstić information content (AvgIpc) is 2.69. The van der Waals surface area contributed by atoms with Gasteiger partial charge in [0.25, 0.3) is 0 Å². The Balaban J connectivity index is 2.20. The minimum Gasteiger partial charge on any atom is -0.396 e. The van der Waals surface area contributed by atoms with Crippen molar-refractivity contribution in [1.29, 1.82) is 0 Å². The van der Waals surface area contributed by atoms with Crippen LogP contribution in [0, 0.1) is 0 Å². The first kappa shape index (κ1) is 10.4. The zero-order chi connectivity index (χ0) is 10.7. The lowest BCUT2D eigenvalue weighted by molar-refractivity contribution is 0.289. The number of aliphatic hydroxyl groups is 1. The van der Waals surface area contributed by atoms with Crippen LogP contribution in [0.25, 0.3) is 10.2 Å². The molecular weight excluding hydrogens is 210 g/mol. The summed E-state index contributed by atoms with van der Waals surface area (Å²) in [7, 11) is 0. The molecule has 0 radical (unpaired) electrons. The number of hydrogen-bond acceptors (Lipinski definition) is 5. The van der Waals surface area contributed by atoms with Gasteiger partial charge in [-0.2, -0.15) is 0 Å². The van der Waals surface area contributed by atoms with Gasteiger partial charge in [-0.15, -0.1) is 0 Å². The van der Waals surface area contributed by atoms with Crippen molar-refractivity contribution in [3.63, 3.8) is 0 Å². The number of anilines is 1. The fourth-order valence-electron chi connectivity index (χ4n) is 1.32. The molecule has 0 fully saturated rings. The number of thiazole rings is 1. The number of hydrogen-bond donors (Lipinski definition) is 2. The van der Waals surface area contributed by atoms with Crippen molar-refractivity contribution < 1.29 is 5.11 Å². The van der Waals surface area contributed by atoms with Gasteiger partial charge in [0.05, 0.1) is 10.2 Å². The van der Waals surface area contributed by atoms with E-state index < -0.39 is 0 Å². The van der Waals surface area contributed by atoms with Gasteiger partial charge in [-0.25, -0.2) is 10.8 Å². The molecule has 0 saturated heterocycles. The third-order valence-electron chi connectivity index (χ3n) is 2.09. The highest BCUT2D eigenvalue weighted by molar-refractivity contribution is 7.22. The van der Waals surface area contributed by atoms with Crippen LogP contribution in [-0.2, 0) is 0 Å². The van der Waals surface area contributed by atoms with Gasteiger partial charge in [0.15, 0.2) is 0 Å². The predicted octanol–water partition coefficient (Wildman–Crippen LogP) is 1.36. The van der Waals surface area contributed by atoms with Crippen molar-refractivity contribution in [2.45, 2.75) is 6.42 Å². The summed E-state index contributed by atoms with van der Waals surface area (Å²) in [5.41, 5.74) is 0.969. The Kier molecular flexibility index (Phi) is 3.15. The zero-order valence-corrected chi connectivity index (χ0v) is 9.07. The summed E-state index contributed by atoms with van der Waals surface area (Å²) >= 11 is 1.56. The summed E-state index contributed by atoms with van der Waals surface area (Å²) < 4.78 is 1.13. The second-order valence-electron chi connectivity index (χ2n) is 3.23. The smallest absolute Gasteiger partial charge is 0.200 e. The van der Waals surface area contributed by atoms with Crippen LogP contribution in [-0.4, -0.2) is 23.2 Å². The van der Waals surface area contributed by atoms with Crippen LogP contribution >= 0.6 is 11.3 Å². The van der Waals surface area contributed by atoms with Crippen LogP contribution in [0.4, 0.5) is 5.13 Å². The van der Waals surface area contributed by atoms with Crippen molar-refractivity contribution >= 4 is 26.7 Å². The molecule has 1 aromatic heterocycles. The normalized spacial score (nSPS) is 10.8. The van der Waals surface area contributed by atoms with Gasteiger partial charge in [0, 0.05) is 13.2 Å². The van der Waals surface area contributed by atoms with Crippen LogP contribution in [0.1, 0.15) is 6.42 Å². The lowest BCUT2D eigenvalue weighted by Crippen LogP contribution is -2.32. The predicted molar refractivity (Wildman–Crippen MR) is 62.9 cm³/mol. The molecule has 0 aliphatic heterocycles. The van der Waals surface area contributed by atoms with Crippen LogP contribution in [0.2, 0.25) is 0 Å². The second kappa shape index (κ2) is 4.57. The summed E-state index contributed by atoms with van der Waals surface area (Å²) in [5, 5.41) is 11.1. The lowest BCUT2D eigenvalue weighted by atomic mass is 10.3. The molecule has 0 saturated carbocycles. The van der Waals surface area contributed by atoms with Gasteiger partial charge in [-0.1, -0.05) is 23.5 Å². The first-order valence-corrected chi connectivity index (χ1v) is 5.61. The fourth-order valence-corrected chi connectivity index (χ4v) is 2.23. The summed E-state index contributed by atoms with van der Waals surface area (Å²) in [6.07, 6.45) is 0.659. The van der Waals surface area contributed by atoms with Crippen molar-refractivity contribution in [1.82, 2.24) is 4.98 Å². The van der Waals surface area contributed by atoms with Gasteiger partial charge in [0.2, 0.25) is 5.13 Å². The maximum absolute atomic E-state index is 8.70. The Morgan fingerprint density at radius 2 is 2.20 bits per heavy atom. The molecule has 5 heteroatoms. The molecule has 3 N–H and O–H groups in total. The maximum atomic E-state index is 8.70. The number of aliphatic hydroxyl groups excluding tert-OH is 1. The first-order valence-electron chi connectivity index (χ1n) is 4.80. The van der Waals surface area contributed by atoms with Gasteiger partial charge >= 0.3 is 0 Å². The highest BCUT2D eigenvalue weighted by Crippen LogP contribution is 2.26. The Morgan fingerprint density at radius 1 is 1.40 bits per heavy atom. The van der Waals surface area contributed by atoms with Gasteiger partial charge in [0.1, 0.15) is 0 Å². The van der Waals surface area contributed by atoms with Crippen LogP contribution in [0.5, 0.6) is 0 Å². The van der Waals surface area contributed by atoms with Crippen LogP contribution in [0.3, 0.4) is 0 Å². The van der Waals surface area contributed by atoms with Gasteiger partial charge in [-0.3, -0.25) is 5.01 Å². The topological polar surface area (TPSA) is 62.4 Å². The van der Waals surface area contributed by atoms with E-state index in [9.17, 15) is 0 Å². The van der Waals surface area contributed by atoms with E-state index in [1.807, 2.05) is 24.3 Å². The third kappa shape index (κ3) is 2.26. The van der Waals surface area contributed by atoms with E-state index in [1.54, 1.807) is 16.3 Å². The van der Waals surface area contributed by atoms with Crippen molar-refractivity contribution in [2.75, 3.05) is 18.2 Å². The molecule has 4 nitrogen and oxygen atoms in total. The largest absolute Gasteiger partial charge is 0.396 e. The number of para-hydroxylation sites is 1. The molecule has 2 aromatic rings. The minimum absolute atomic E-state index is 0.151. The zero-order valence-electron chi connectivity index (χ0n) is 8.26. The fraction of sp³-hybridized carbons (Fsp3) is 0.300. The van der Waals surface area contributed by atoms with E-state index in [0.29, 0.717) is 13.0 Å². The molecule has 0 aliphatic carbocycles. The molecular formula is C10H13N3OS. The number of nitrogens with zero attached hydrogens (tertiary/aromatic N) is 2. The first-order chi connectivity index (χ1) is 7.31. The molecule has 1 aromatic carbocycles. The van der Waals surface area contributed by atoms with E-state index >= 15 is 0 Å². The van der Waals surface area contributed by atoms with Gasteiger partial charge < -0.3 is 5.11 Å². The molecule has 0 amide bonds. The number of fused-ring (bicyclic) bond motifs is 1. The molecule has 0 atom stereocenters. The molecule has 0 unspecified atom stereocenters. The van der Waals surface area contributed by atoms with Crippen molar-refractivity contribution in [2.24, 2.45) is 5.84 Å². The number of benzene rings is 1. The Labute approximate surface area is 91.9 Å². The average molecular weight is 223 g/mol. The molecule has 0 aliphatic rings. The minimum atomic E-state index is 0.151. The number of rotatable bonds is 4. The monoisotopic (exact) mass is 223 g/mol. The standard InChI is InChI=1S/C10H13N3OS/c11-13(6-3-7-14)10-12-8-4-1-2-5-9(8)15-10/h1-2,4-5,14H,3,6-7,11H2. The highest BCUT2D eigenvalue weighted by Gasteiger charge is 2.07. The van der Waals surface area contributed by atoms with E-state index in [4.69, 9.17) is 10.9 Å². The van der Waals surface area contributed by atoms with Crippen molar-refractivity contribution in [3.05, 3.63) is 24.3 Å². The third-order valence-corrected chi connectivity index (χ3v) is 3.16. The Hall–Kier alpha value is -1.17. The van der Waals surface area contributed by atoms with E-state index in [1.165, 1.54) is 0 Å². The van der Waals surface area contributed by atoms with Gasteiger partial charge in [-0.05, 0) is 18.6 Å². The molecule has 2 rings (SSSR count). The van der Waals surface area contributed by atoms with Crippen LogP contribution < -0.4 is 10.9 Å². The van der Waals surface area contributed by atoms with E-state index in [0.717, 1.165) is 15.3 Å². The number of hydrazine groups is 1. The van der Waals surface area contributed by atoms with Crippen molar-refractivity contribution in [3.8, 4) is 0 Å². The number of nitrogens with two attached hydrogens (primary N) is 1. The molecule has 80 valence electrons. The summed E-state index contributed by atoms with van der Waals surface area (Å²) in [4.78, 5) is 4.40. The maximum Gasteiger partial charge on any atom is 0.200 e. The summed E-state index contributed by atoms with van der Waals surface area (Å²) in [6, 6.07) is 7.94. The SMILES string of the molecule is NN(CCCO)c1nc2ccccc2s1. The van der Waals surface area contributed by atoms with E-state index in [2.05, 4.69) is 4.98 Å². The summed E-state index contributed by atoms with van der Waals surface area (Å²) in [5.74, 6) is 5.82. The summed E-state index contributed by atoms with van der Waals surface area (Å²) in [6.45, 7) is 0.773. The molecule has 15 heavy (non-hydrogen) atoms. The lowest BCUT2D eigenvalue weighted by Gasteiger charge is -2.13. The highest BCUT2D eigenvalue weighted by atomic mass is 32.1. The second-order valence-corrected chi connectivity index (χ2v) is 4.24. The Bertz CT molecular complexity index is 410. The Morgan fingerprint density at radius 3 is 2.93 bits per heavy atom.